The van der Waals surface area contributed by atoms with E-state index >= 15 is 0 Å². The van der Waals surface area contributed by atoms with Crippen LogP contribution in [-0.4, -0.2) is 44.3 Å². The summed E-state index contributed by atoms with van der Waals surface area (Å²) in [5.41, 5.74) is 2.26. The number of hydrogen-bond acceptors (Lipinski definition) is 4. The van der Waals surface area contributed by atoms with Crippen LogP contribution < -0.4 is 9.62 Å². The molecule has 1 atom stereocenters. The number of nitrogens with one attached hydrogen (secondary N) is 1. The molecule has 9 heteroatoms. The lowest BCUT2D eigenvalue weighted by molar-refractivity contribution is -0.139. The average molecular weight is 615 g/mol. The fraction of sp³-hybridized carbons (Fsp3) is 0.333. The molecule has 0 aliphatic rings. The van der Waals surface area contributed by atoms with Gasteiger partial charge in [-0.05, 0) is 67.3 Å². The number of halogens is 1. The SMILES string of the molecule is CCCCNC(=O)[C@@H](C)N(Cc1ccc(Br)cc1)C(=O)CN(c1ccc(CC)cc1)S(=O)(=O)c1ccccc1. The molecule has 2 amide bonds. The lowest BCUT2D eigenvalue weighted by Crippen LogP contribution is -2.51. The van der Waals surface area contributed by atoms with Gasteiger partial charge in [0.15, 0.2) is 0 Å². The monoisotopic (exact) mass is 613 g/mol. The first kappa shape index (κ1) is 30.4. The molecule has 0 aliphatic heterocycles. The lowest BCUT2D eigenvalue weighted by atomic mass is 10.1. The predicted molar refractivity (Wildman–Crippen MR) is 159 cm³/mol. The topological polar surface area (TPSA) is 86.8 Å². The number of unbranched alkanes of at least 4 members (excludes halogenated alkanes) is 1. The molecule has 1 N–H and O–H groups in total. The van der Waals surface area contributed by atoms with Gasteiger partial charge in [-0.25, -0.2) is 8.42 Å². The minimum absolute atomic E-state index is 0.0854. The quantitative estimate of drug-likeness (QED) is 0.256. The van der Waals surface area contributed by atoms with Gasteiger partial charge in [0.25, 0.3) is 10.0 Å². The van der Waals surface area contributed by atoms with Crippen molar-refractivity contribution in [1.82, 2.24) is 10.2 Å². The average Bonchev–Trinajstić information content (AvgIpc) is 2.95. The van der Waals surface area contributed by atoms with E-state index in [1.165, 1.54) is 17.0 Å². The molecule has 0 fully saturated rings. The number of benzene rings is 3. The normalized spacial score (nSPS) is 12.0. The summed E-state index contributed by atoms with van der Waals surface area (Å²) in [6, 6.07) is 21.9. The standard InChI is InChI=1S/C30H36BrN3O4S/c1-4-6-20-32-30(36)23(3)33(21-25-12-16-26(31)17-13-25)29(35)22-34(27-18-14-24(5-2)15-19-27)39(37,38)28-10-8-7-9-11-28/h7-19,23H,4-6,20-22H2,1-3H3,(H,32,36)/t23-/m1/s1. The number of anilines is 1. The fourth-order valence-corrected chi connectivity index (χ4v) is 5.75. The van der Waals surface area contributed by atoms with Crippen LogP contribution in [0.25, 0.3) is 0 Å². The third-order valence-electron chi connectivity index (χ3n) is 6.51. The van der Waals surface area contributed by atoms with Crippen LogP contribution >= 0.6 is 15.9 Å². The van der Waals surface area contributed by atoms with Crippen LogP contribution in [0.15, 0.2) is 88.2 Å². The summed E-state index contributed by atoms with van der Waals surface area (Å²) in [7, 11) is -4.07. The second-order valence-electron chi connectivity index (χ2n) is 9.31. The Morgan fingerprint density at radius 3 is 2.10 bits per heavy atom. The molecule has 0 aliphatic carbocycles. The van der Waals surface area contributed by atoms with Gasteiger partial charge in [0.05, 0.1) is 10.6 Å². The highest BCUT2D eigenvalue weighted by molar-refractivity contribution is 9.10. The van der Waals surface area contributed by atoms with Crippen molar-refractivity contribution in [3.63, 3.8) is 0 Å². The molecule has 208 valence electrons. The minimum atomic E-state index is -4.07. The van der Waals surface area contributed by atoms with Gasteiger partial charge in [-0.2, -0.15) is 0 Å². The van der Waals surface area contributed by atoms with E-state index in [9.17, 15) is 18.0 Å². The van der Waals surface area contributed by atoms with Gasteiger partial charge in [-0.3, -0.25) is 13.9 Å². The van der Waals surface area contributed by atoms with Crippen molar-refractivity contribution in [3.8, 4) is 0 Å². The van der Waals surface area contributed by atoms with Gasteiger partial charge in [-0.1, -0.05) is 78.7 Å². The van der Waals surface area contributed by atoms with E-state index in [1.54, 1.807) is 37.3 Å². The van der Waals surface area contributed by atoms with Gasteiger partial charge in [0.2, 0.25) is 11.8 Å². The Morgan fingerprint density at radius 2 is 1.51 bits per heavy atom. The van der Waals surface area contributed by atoms with Gasteiger partial charge < -0.3 is 10.2 Å². The number of aryl methyl sites for hydroxylation is 1. The van der Waals surface area contributed by atoms with E-state index in [4.69, 9.17) is 0 Å². The minimum Gasteiger partial charge on any atom is -0.354 e. The maximum absolute atomic E-state index is 13.9. The zero-order valence-corrected chi connectivity index (χ0v) is 25.0. The number of carbonyl (C=O) groups excluding carboxylic acids is 2. The van der Waals surface area contributed by atoms with Crippen molar-refractivity contribution < 1.29 is 18.0 Å². The van der Waals surface area contributed by atoms with Crippen LogP contribution in [0.2, 0.25) is 0 Å². The first-order valence-electron chi connectivity index (χ1n) is 13.2. The van der Waals surface area contributed by atoms with Crippen LogP contribution in [0.1, 0.15) is 44.7 Å². The molecule has 0 aromatic heterocycles. The molecule has 0 unspecified atom stereocenters. The Bertz CT molecular complexity index is 1330. The summed E-state index contributed by atoms with van der Waals surface area (Å²) in [5, 5.41) is 2.90. The summed E-state index contributed by atoms with van der Waals surface area (Å²) in [6.07, 6.45) is 2.56. The second kappa shape index (κ2) is 14.3. The molecule has 0 saturated heterocycles. The summed E-state index contributed by atoms with van der Waals surface area (Å²) in [6.45, 7) is 5.94. The summed E-state index contributed by atoms with van der Waals surface area (Å²) < 4.78 is 29.6. The zero-order valence-electron chi connectivity index (χ0n) is 22.6. The molecule has 3 aromatic rings. The Morgan fingerprint density at radius 1 is 0.897 bits per heavy atom. The summed E-state index contributed by atoms with van der Waals surface area (Å²) in [4.78, 5) is 28.4. The molecule has 0 heterocycles. The number of hydrogen-bond donors (Lipinski definition) is 1. The number of carbonyl (C=O) groups is 2. The maximum atomic E-state index is 13.9. The molecule has 3 rings (SSSR count). The van der Waals surface area contributed by atoms with Crippen molar-refractivity contribution in [2.75, 3.05) is 17.4 Å². The number of amides is 2. The molecule has 0 saturated carbocycles. The second-order valence-corrected chi connectivity index (χ2v) is 12.1. The first-order chi connectivity index (χ1) is 18.7. The smallest absolute Gasteiger partial charge is 0.264 e. The Hall–Kier alpha value is -3.17. The van der Waals surface area contributed by atoms with Crippen molar-refractivity contribution >= 4 is 43.5 Å². The fourth-order valence-electron chi connectivity index (χ4n) is 4.05. The maximum Gasteiger partial charge on any atom is 0.264 e. The van der Waals surface area contributed by atoms with E-state index in [0.29, 0.717) is 12.2 Å². The van der Waals surface area contributed by atoms with Crippen LogP contribution in [0.5, 0.6) is 0 Å². The molecule has 3 aromatic carbocycles. The van der Waals surface area contributed by atoms with E-state index < -0.39 is 28.5 Å². The van der Waals surface area contributed by atoms with Crippen LogP contribution in [0, 0.1) is 0 Å². The Kier molecular flexibility index (Phi) is 11.1. The first-order valence-corrected chi connectivity index (χ1v) is 15.4. The number of rotatable bonds is 13. The van der Waals surface area contributed by atoms with Gasteiger partial charge >= 0.3 is 0 Å². The highest BCUT2D eigenvalue weighted by atomic mass is 79.9. The summed E-state index contributed by atoms with van der Waals surface area (Å²) in [5.74, 6) is -0.756. The highest BCUT2D eigenvalue weighted by Crippen LogP contribution is 2.25. The molecular formula is C30H36BrN3O4S. The van der Waals surface area contributed by atoms with Gasteiger partial charge in [-0.15, -0.1) is 0 Å². The molecule has 39 heavy (non-hydrogen) atoms. The van der Waals surface area contributed by atoms with E-state index in [-0.39, 0.29) is 17.3 Å². The van der Waals surface area contributed by atoms with E-state index in [2.05, 4.69) is 21.2 Å². The Balaban J connectivity index is 1.98. The molecule has 7 nitrogen and oxygen atoms in total. The lowest BCUT2D eigenvalue weighted by Gasteiger charge is -2.32. The largest absolute Gasteiger partial charge is 0.354 e. The van der Waals surface area contributed by atoms with Gasteiger partial charge in [0.1, 0.15) is 12.6 Å². The van der Waals surface area contributed by atoms with Crippen molar-refractivity contribution in [3.05, 3.63) is 94.5 Å². The van der Waals surface area contributed by atoms with Crippen LogP contribution in [0.4, 0.5) is 5.69 Å². The zero-order chi connectivity index (χ0) is 28.4. The van der Waals surface area contributed by atoms with E-state index in [0.717, 1.165) is 39.2 Å². The Labute approximate surface area is 240 Å². The number of nitrogens with zero attached hydrogens (tertiary/aromatic N) is 2. The summed E-state index contributed by atoms with van der Waals surface area (Å²) >= 11 is 3.42. The van der Waals surface area contributed by atoms with Crippen molar-refractivity contribution in [2.45, 2.75) is 57.5 Å². The van der Waals surface area contributed by atoms with E-state index in [1.807, 2.05) is 50.2 Å². The van der Waals surface area contributed by atoms with Crippen LogP contribution in [-0.2, 0) is 32.6 Å². The third kappa shape index (κ3) is 8.16. The number of sulfonamides is 1. The molecule has 0 bridgehead atoms. The van der Waals surface area contributed by atoms with Crippen molar-refractivity contribution in [2.24, 2.45) is 0 Å². The van der Waals surface area contributed by atoms with Crippen molar-refractivity contribution in [1.29, 1.82) is 0 Å². The highest BCUT2D eigenvalue weighted by Gasteiger charge is 2.32. The molecular weight excluding hydrogens is 578 g/mol. The molecule has 0 radical (unpaired) electrons. The third-order valence-corrected chi connectivity index (χ3v) is 8.82. The predicted octanol–water partition coefficient (Wildman–Crippen LogP) is 5.54. The molecule has 0 spiro atoms. The van der Waals surface area contributed by atoms with Gasteiger partial charge in [0, 0.05) is 17.6 Å². The van der Waals surface area contributed by atoms with Crippen LogP contribution in [0.3, 0.4) is 0 Å².